The molecule has 8 heterocycles. The third kappa shape index (κ3) is 33.5. The molecule has 0 radical (unpaired) electrons. The Labute approximate surface area is 649 Å². The average Bonchev–Trinajstić information content (AvgIpc) is 0.832. The van der Waals surface area contributed by atoms with Gasteiger partial charge in [0.05, 0.1) is 0 Å². The van der Waals surface area contributed by atoms with Crippen molar-refractivity contribution < 1.29 is 187 Å². The van der Waals surface area contributed by atoms with Crippen molar-refractivity contribution in [2.24, 2.45) is 0 Å². The number of rotatable bonds is 29. The number of likely N-dealkylation sites (N-methyl/N-ethyl adjacent to an activating group) is 2. The fraction of sp³-hybridized carbons (Fsp3) is 1.00. The van der Waals surface area contributed by atoms with Gasteiger partial charge in [-0.05, 0) is 0 Å². The van der Waals surface area contributed by atoms with Crippen LogP contribution in [0.4, 0.5) is 0 Å². The van der Waals surface area contributed by atoms with Crippen molar-refractivity contribution in [3.63, 3.8) is 0 Å². The second kappa shape index (κ2) is 43.7. The van der Waals surface area contributed by atoms with E-state index in [0.717, 1.165) is 111 Å². The van der Waals surface area contributed by atoms with Crippen LogP contribution in [0, 0.1) is 0 Å². The summed E-state index contributed by atoms with van der Waals surface area (Å²) in [5, 5.41) is -6.07. The predicted molar refractivity (Wildman–Crippen MR) is 372 cm³/mol. The van der Waals surface area contributed by atoms with Crippen molar-refractivity contribution in [1.82, 2.24) is 38.5 Å². The molecular formula is C61H126N8O16P6W6. The van der Waals surface area contributed by atoms with Crippen LogP contribution in [0.3, 0.4) is 0 Å². The summed E-state index contributed by atoms with van der Waals surface area (Å²) >= 11 is 9.12. The fourth-order valence-corrected chi connectivity index (χ4v) is 32.7. The molecule has 24 nitrogen and oxygen atoms in total. The van der Waals surface area contributed by atoms with Crippen LogP contribution in [-0.4, -0.2) is 362 Å². The van der Waals surface area contributed by atoms with Gasteiger partial charge >= 0.3 is 656 Å². The van der Waals surface area contributed by atoms with E-state index in [1.54, 1.807) is 18.8 Å². The summed E-state index contributed by atoms with van der Waals surface area (Å²) in [5.41, 5.74) is 0. The summed E-state index contributed by atoms with van der Waals surface area (Å²) in [6, 6.07) is 0. The molecule has 21 unspecified atom stereocenters. The molecule has 8 fully saturated rings. The van der Waals surface area contributed by atoms with Crippen molar-refractivity contribution in [3.8, 4) is 0 Å². The quantitative estimate of drug-likeness (QED) is 0.0717. The van der Waals surface area contributed by atoms with Crippen LogP contribution in [0.15, 0.2) is 0 Å². The first-order chi connectivity index (χ1) is 45.3. The van der Waals surface area contributed by atoms with E-state index in [4.69, 9.17) is 74.5 Å². The molecule has 36 heteroatoms. The normalized spacial score (nSPS) is 36.3. The molecule has 572 valence electrons. The van der Waals surface area contributed by atoms with E-state index in [1.807, 2.05) is 13.8 Å². The standard InChI is InChI=1S/C30H61N4O8P3.C16H34N2O4P2.C15H31N2O4P.6W/c1-10-35-19-28-16-32(12-24(3)40-28)43(7)37-21-30-18-34(14-26(5)42-30)45(9)38-22-29-17-33(13-25(4)41-29)44(8)36-20-27-15-31(6)11-23(2)39-27;1-13-7-17(3)9-15(21-13)12-20-24(6)18-8-14(2)22-16(10-18)11-19-23(4)5;1-5-18-10-15-9-17(8-13(3)21-15)22(4)19-11-14-7-16-6-12(2)20-14;;;;;;/h23-30H,10-22H2,1-9H3;13-16H,7-12H2,1-6H3;12-16H,5-11H2,1-4H3;;;;;;. The minimum absolute atomic E-state index is 0.0236. The Morgan fingerprint density at radius 2 is 0.526 bits per heavy atom. The molecule has 0 spiro atoms. The second-order valence-electron chi connectivity index (χ2n) is 28.4. The second-order valence-corrected chi connectivity index (χ2v) is 89.3. The van der Waals surface area contributed by atoms with E-state index < -0.39 is 31.5 Å². The molecule has 8 rings (SSSR count). The topological polar surface area (TPSA) is 182 Å². The maximum absolute atomic E-state index is 6.85. The Hall–Kier alpha value is 5.75. The van der Waals surface area contributed by atoms with E-state index >= 15 is 0 Å². The van der Waals surface area contributed by atoms with Gasteiger partial charge in [0.25, 0.3) is 0 Å². The van der Waals surface area contributed by atoms with Crippen molar-refractivity contribution in [3.05, 3.63) is 0 Å². The van der Waals surface area contributed by atoms with E-state index in [2.05, 4.69) is 155 Å². The summed E-state index contributed by atoms with van der Waals surface area (Å²) in [6.07, 6.45) is 2.60. The summed E-state index contributed by atoms with van der Waals surface area (Å²) < 4.78 is 113. The van der Waals surface area contributed by atoms with Crippen LogP contribution in [0.2, 0.25) is 0 Å². The first kappa shape index (κ1) is 91.6. The van der Waals surface area contributed by atoms with E-state index in [-0.39, 0.29) is 97.7 Å². The van der Waals surface area contributed by atoms with Crippen LogP contribution in [0.5, 0.6) is 0 Å². The molecule has 0 aromatic heterocycles. The average molecular weight is 2520 g/mol. The number of nitrogens with one attached hydrogen (secondary N) is 1. The molecule has 0 aliphatic carbocycles. The van der Waals surface area contributed by atoms with Crippen LogP contribution in [0.1, 0.15) is 69.2 Å². The van der Waals surface area contributed by atoms with Gasteiger partial charge in [-0.15, -0.1) is 0 Å². The van der Waals surface area contributed by atoms with Crippen LogP contribution in [0.25, 0.3) is 0 Å². The van der Waals surface area contributed by atoms with Gasteiger partial charge in [-0.25, -0.2) is 0 Å². The van der Waals surface area contributed by atoms with Gasteiger partial charge in [-0.3, -0.25) is 0 Å². The van der Waals surface area contributed by atoms with Gasteiger partial charge in [-0.2, -0.15) is 0 Å². The van der Waals surface area contributed by atoms with E-state index in [9.17, 15) is 0 Å². The van der Waals surface area contributed by atoms with Gasteiger partial charge in [0.2, 0.25) is 0 Å². The third-order valence-corrected chi connectivity index (χ3v) is 47.4. The van der Waals surface area contributed by atoms with Crippen molar-refractivity contribution in [2.75, 3.05) is 232 Å². The summed E-state index contributed by atoms with van der Waals surface area (Å²) in [7, 11) is 4.32. The van der Waals surface area contributed by atoms with Crippen molar-refractivity contribution in [2.45, 2.75) is 167 Å². The summed E-state index contributed by atoms with van der Waals surface area (Å²) in [5.74, 6) is 0. The molecule has 97 heavy (non-hydrogen) atoms. The van der Waals surface area contributed by atoms with Crippen LogP contribution >= 0.6 is 31.5 Å². The maximum atomic E-state index is 6.85. The Balaban J connectivity index is 0.000000254. The molecule has 0 aromatic carbocycles. The fourth-order valence-electron chi connectivity index (χ4n) is 13.0. The van der Waals surface area contributed by atoms with Crippen molar-refractivity contribution in [1.29, 1.82) is 0 Å². The van der Waals surface area contributed by atoms with Gasteiger partial charge in [0.1, 0.15) is 0 Å². The van der Waals surface area contributed by atoms with Crippen LogP contribution < -0.4 is 5.32 Å². The molecule has 0 aromatic rings. The Morgan fingerprint density at radius 3 is 0.773 bits per heavy atom. The number of hydrogen-bond acceptors (Lipinski definition) is 24. The summed E-state index contributed by atoms with van der Waals surface area (Å²) in [4.78, 5) is 4.68. The first-order valence-corrected chi connectivity index (χ1v) is 71.1. The zero-order valence-corrected chi connectivity index (χ0v) is 84.9. The Morgan fingerprint density at radius 1 is 0.299 bits per heavy atom. The first-order valence-electron chi connectivity index (χ1n) is 34.8. The minimum atomic E-state index is -1.78. The molecule has 8 aliphatic heterocycles. The number of hydrogen-bond donors (Lipinski definition) is 1. The molecule has 0 bridgehead atoms. The number of nitrogens with zero attached hydrogens (tertiary/aromatic N) is 7. The van der Waals surface area contributed by atoms with E-state index in [0.29, 0.717) is 59.5 Å². The zero-order valence-electron chi connectivity index (χ0n) is 61.9. The Bertz CT molecular complexity index is 2650. The van der Waals surface area contributed by atoms with E-state index in [1.165, 1.54) is 94.0 Å². The summed E-state index contributed by atoms with van der Waals surface area (Å²) in [6.45, 7) is 58.5. The van der Waals surface area contributed by atoms with Crippen molar-refractivity contribution >= 4 is 31.5 Å². The van der Waals surface area contributed by atoms with Crippen LogP contribution in [-0.2, 0) is 187 Å². The third-order valence-electron chi connectivity index (χ3n) is 17.4. The molecule has 8 saturated heterocycles. The number of morpholine rings is 8. The van der Waals surface area contributed by atoms with Gasteiger partial charge in [0, 0.05) is 0 Å². The monoisotopic (exact) mass is 2520 g/mol. The predicted octanol–water partition coefficient (Wildman–Crippen LogP) is 7.74. The van der Waals surface area contributed by atoms with Gasteiger partial charge in [-0.1, -0.05) is 0 Å². The molecule has 21 atom stereocenters. The zero-order chi connectivity index (χ0) is 71.7. The molecule has 0 amide bonds. The molecule has 8 aliphatic rings. The Kier molecular flexibility index (Phi) is 41.3. The SMILES string of the molecule is CC1CN(C)CC(CO[P](C)(=[W])N2CC(C)OC(CO[P](C)(C)=[W])C2)O1.CCOCC1CN([P](C)(=[W])OCC2CN([P](C)(=[W])OCC3CN([P](C)(=[W])OCC4CN(C)CC(C)O4)CC(C)O3)CC(C)O2)CC(C)O1.CCOCC1CN([P](C)(=[W])OCC2CNCC(C)O2)CC(C)O1. The molecular weight excluding hydrogens is 2390 g/mol. The molecule has 1 N–H and O–H groups in total. The number of ether oxygens (including phenoxy) is 10. The van der Waals surface area contributed by atoms with Gasteiger partial charge < -0.3 is 0 Å². The van der Waals surface area contributed by atoms with Gasteiger partial charge in [0.15, 0.2) is 0 Å². The molecule has 0 saturated carbocycles.